The van der Waals surface area contributed by atoms with Crippen LogP contribution in [0.2, 0.25) is 0 Å². The maximum Gasteiger partial charge on any atom is 0.244 e. The molecule has 4 nitrogen and oxygen atoms in total. The first-order chi connectivity index (χ1) is 9.81. The molecule has 0 radical (unpaired) electrons. The summed E-state index contributed by atoms with van der Waals surface area (Å²) in [6, 6.07) is 8.30. The molecule has 0 saturated carbocycles. The molecule has 108 valence electrons. The predicted octanol–water partition coefficient (Wildman–Crippen LogP) is 1.51. The number of amides is 1. The minimum Gasteiger partial charge on any atom is -0.377 e. The number of fused-ring (bicyclic) bond motifs is 1. The Morgan fingerprint density at radius 1 is 1.45 bits per heavy atom. The number of rotatable bonds is 2. The van der Waals surface area contributed by atoms with Crippen molar-refractivity contribution in [3.05, 3.63) is 35.4 Å². The average Bonchev–Trinajstić information content (AvgIpc) is 2.53. The highest BCUT2D eigenvalue weighted by atomic mass is 16.5. The first kappa shape index (κ1) is 13.6. The van der Waals surface area contributed by atoms with E-state index in [1.54, 1.807) is 0 Å². The normalized spacial score (nSPS) is 26.1. The number of morpholine rings is 1. The van der Waals surface area contributed by atoms with Crippen molar-refractivity contribution in [2.24, 2.45) is 0 Å². The van der Waals surface area contributed by atoms with E-state index in [0.717, 1.165) is 24.9 Å². The van der Waals surface area contributed by atoms with E-state index in [1.807, 2.05) is 11.0 Å². The number of nitrogens with one attached hydrogen (secondary N) is 1. The van der Waals surface area contributed by atoms with Gasteiger partial charge in [0.15, 0.2) is 0 Å². The van der Waals surface area contributed by atoms with Crippen LogP contribution in [0.4, 0.5) is 0 Å². The summed E-state index contributed by atoms with van der Waals surface area (Å²) in [5, 5.41) is 3.38. The van der Waals surface area contributed by atoms with Crippen LogP contribution in [-0.4, -0.2) is 43.2 Å². The largest absolute Gasteiger partial charge is 0.377 e. The van der Waals surface area contributed by atoms with E-state index in [-0.39, 0.29) is 18.0 Å². The molecule has 1 amide bonds. The van der Waals surface area contributed by atoms with Gasteiger partial charge in [-0.2, -0.15) is 0 Å². The summed E-state index contributed by atoms with van der Waals surface area (Å²) >= 11 is 0. The molecule has 2 atom stereocenters. The summed E-state index contributed by atoms with van der Waals surface area (Å²) < 4.78 is 5.50. The van der Waals surface area contributed by atoms with E-state index in [9.17, 15) is 4.79 Å². The van der Waals surface area contributed by atoms with Gasteiger partial charge in [0.25, 0.3) is 0 Å². The van der Waals surface area contributed by atoms with Gasteiger partial charge in [0.1, 0.15) is 6.04 Å². The molecule has 0 spiro atoms. The number of benzene rings is 1. The average molecular weight is 274 g/mol. The Hall–Kier alpha value is -1.39. The van der Waals surface area contributed by atoms with Crippen LogP contribution < -0.4 is 5.32 Å². The molecule has 1 aromatic carbocycles. The number of hydrogen-bond acceptors (Lipinski definition) is 3. The maximum absolute atomic E-state index is 12.9. The third-order valence-electron chi connectivity index (χ3n) is 4.34. The van der Waals surface area contributed by atoms with Crippen molar-refractivity contribution in [2.75, 3.05) is 26.3 Å². The molecule has 0 aliphatic carbocycles. The fraction of sp³-hybridized carbons (Fsp3) is 0.562. The van der Waals surface area contributed by atoms with Gasteiger partial charge in [-0.05, 0) is 24.0 Å². The standard InChI is InChI=1S/C16H22N2O2/c1-2-13-11-20-10-9-18(13)16(19)15-14-6-4-3-5-12(14)7-8-17-15/h3-6,13,15,17H,2,7-11H2,1H3. The van der Waals surface area contributed by atoms with Crippen molar-refractivity contribution in [3.63, 3.8) is 0 Å². The third kappa shape index (κ3) is 2.45. The first-order valence-electron chi connectivity index (χ1n) is 7.50. The molecule has 0 aromatic heterocycles. The van der Waals surface area contributed by atoms with Crippen molar-refractivity contribution in [1.82, 2.24) is 10.2 Å². The fourth-order valence-corrected chi connectivity index (χ4v) is 3.17. The van der Waals surface area contributed by atoms with Gasteiger partial charge in [0.2, 0.25) is 5.91 Å². The number of nitrogens with zero attached hydrogens (tertiary/aromatic N) is 1. The Bertz CT molecular complexity index is 489. The minimum atomic E-state index is -0.188. The van der Waals surface area contributed by atoms with Crippen LogP contribution in [0, 0.1) is 0 Å². The summed E-state index contributed by atoms with van der Waals surface area (Å²) in [6.07, 6.45) is 1.94. The van der Waals surface area contributed by atoms with E-state index in [2.05, 4.69) is 30.4 Å². The zero-order chi connectivity index (χ0) is 13.9. The molecule has 0 bridgehead atoms. The highest BCUT2D eigenvalue weighted by Crippen LogP contribution is 2.26. The van der Waals surface area contributed by atoms with E-state index in [1.165, 1.54) is 5.56 Å². The summed E-state index contributed by atoms with van der Waals surface area (Å²) in [7, 11) is 0. The number of ether oxygens (including phenoxy) is 1. The van der Waals surface area contributed by atoms with Crippen molar-refractivity contribution in [1.29, 1.82) is 0 Å². The zero-order valence-electron chi connectivity index (χ0n) is 12.0. The first-order valence-corrected chi connectivity index (χ1v) is 7.50. The summed E-state index contributed by atoms with van der Waals surface area (Å²) in [6.45, 7) is 5.00. The Morgan fingerprint density at radius 2 is 2.30 bits per heavy atom. The molecule has 1 N–H and O–H groups in total. The van der Waals surface area contributed by atoms with Crippen LogP contribution in [0.1, 0.15) is 30.5 Å². The second-order valence-corrected chi connectivity index (χ2v) is 5.50. The molecule has 2 aliphatic rings. The van der Waals surface area contributed by atoms with Crippen LogP contribution in [0.15, 0.2) is 24.3 Å². The highest BCUT2D eigenvalue weighted by molar-refractivity contribution is 5.84. The van der Waals surface area contributed by atoms with E-state index in [0.29, 0.717) is 19.8 Å². The van der Waals surface area contributed by atoms with Crippen LogP contribution in [0.3, 0.4) is 0 Å². The molecule has 20 heavy (non-hydrogen) atoms. The lowest BCUT2D eigenvalue weighted by molar-refractivity contribution is -0.142. The topological polar surface area (TPSA) is 41.6 Å². The molecule has 1 aromatic rings. The zero-order valence-corrected chi connectivity index (χ0v) is 12.0. The van der Waals surface area contributed by atoms with E-state index in [4.69, 9.17) is 4.74 Å². The monoisotopic (exact) mass is 274 g/mol. The Kier molecular flexibility index (Phi) is 4.03. The molecule has 2 heterocycles. The van der Waals surface area contributed by atoms with Gasteiger partial charge < -0.3 is 15.0 Å². The van der Waals surface area contributed by atoms with Gasteiger partial charge in [0, 0.05) is 13.1 Å². The molecular formula is C16H22N2O2. The number of hydrogen-bond donors (Lipinski definition) is 1. The molecule has 2 unspecified atom stereocenters. The third-order valence-corrected chi connectivity index (χ3v) is 4.34. The summed E-state index contributed by atoms with van der Waals surface area (Å²) in [5.41, 5.74) is 2.44. The summed E-state index contributed by atoms with van der Waals surface area (Å²) in [4.78, 5) is 14.9. The minimum absolute atomic E-state index is 0.188. The maximum atomic E-state index is 12.9. The van der Waals surface area contributed by atoms with Crippen molar-refractivity contribution < 1.29 is 9.53 Å². The number of carbonyl (C=O) groups excluding carboxylic acids is 1. The SMILES string of the molecule is CCC1COCCN1C(=O)C1NCCc2ccccc21. The van der Waals surface area contributed by atoms with Gasteiger partial charge >= 0.3 is 0 Å². The second kappa shape index (κ2) is 5.94. The Balaban J connectivity index is 1.84. The molecule has 2 aliphatic heterocycles. The second-order valence-electron chi connectivity index (χ2n) is 5.50. The van der Waals surface area contributed by atoms with Crippen LogP contribution in [0.5, 0.6) is 0 Å². The lowest BCUT2D eigenvalue weighted by Gasteiger charge is -2.38. The smallest absolute Gasteiger partial charge is 0.244 e. The van der Waals surface area contributed by atoms with Crippen LogP contribution >= 0.6 is 0 Å². The van der Waals surface area contributed by atoms with Crippen LogP contribution in [0.25, 0.3) is 0 Å². The van der Waals surface area contributed by atoms with Gasteiger partial charge in [-0.15, -0.1) is 0 Å². The fourth-order valence-electron chi connectivity index (χ4n) is 3.17. The Labute approximate surface area is 120 Å². The lowest BCUT2D eigenvalue weighted by atomic mass is 9.93. The van der Waals surface area contributed by atoms with E-state index >= 15 is 0 Å². The van der Waals surface area contributed by atoms with Gasteiger partial charge in [-0.3, -0.25) is 4.79 Å². The molecule has 1 fully saturated rings. The lowest BCUT2D eigenvalue weighted by Crippen LogP contribution is -2.52. The predicted molar refractivity (Wildman–Crippen MR) is 77.5 cm³/mol. The molecular weight excluding hydrogens is 252 g/mol. The summed E-state index contributed by atoms with van der Waals surface area (Å²) in [5.74, 6) is 0.201. The molecule has 3 rings (SSSR count). The van der Waals surface area contributed by atoms with Crippen molar-refractivity contribution in [3.8, 4) is 0 Å². The number of carbonyl (C=O) groups is 1. The van der Waals surface area contributed by atoms with Crippen molar-refractivity contribution in [2.45, 2.75) is 31.8 Å². The van der Waals surface area contributed by atoms with Crippen LogP contribution in [-0.2, 0) is 16.0 Å². The van der Waals surface area contributed by atoms with Gasteiger partial charge in [-0.25, -0.2) is 0 Å². The molecule has 4 heteroatoms. The Morgan fingerprint density at radius 3 is 3.15 bits per heavy atom. The van der Waals surface area contributed by atoms with Gasteiger partial charge in [0.05, 0.1) is 19.3 Å². The molecule has 1 saturated heterocycles. The quantitative estimate of drug-likeness (QED) is 0.889. The van der Waals surface area contributed by atoms with Crippen molar-refractivity contribution >= 4 is 5.91 Å². The van der Waals surface area contributed by atoms with Gasteiger partial charge in [-0.1, -0.05) is 31.2 Å². The van der Waals surface area contributed by atoms with E-state index < -0.39 is 0 Å². The highest BCUT2D eigenvalue weighted by Gasteiger charge is 2.33.